The summed E-state index contributed by atoms with van der Waals surface area (Å²) in [6.45, 7) is 3.47. The molecule has 0 N–H and O–H groups in total. The predicted octanol–water partition coefficient (Wildman–Crippen LogP) is 0.192. The van der Waals surface area contributed by atoms with Crippen molar-refractivity contribution in [1.29, 1.82) is 0 Å². The maximum atomic E-state index is 10.4. The van der Waals surface area contributed by atoms with Crippen molar-refractivity contribution in [3.63, 3.8) is 0 Å². The molecule has 1 saturated heterocycles. The van der Waals surface area contributed by atoms with Crippen molar-refractivity contribution >= 4 is 9.84 Å². The Balaban J connectivity index is 2.92. The summed E-state index contributed by atoms with van der Waals surface area (Å²) in [5.41, 5.74) is 0. The smallest absolute Gasteiger partial charge is 0.158 e. The minimum absolute atomic E-state index is 0.0625. The van der Waals surface area contributed by atoms with Gasteiger partial charge in [-0.3, -0.25) is 0 Å². The fourth-order valence-corrected chi connectivity index (χ4v) is 1.95. The topological polar surface area (TPSA) is 34.1 Å². The summed E-state index contributed by atoms with van der Waals surface area (Å²) in [6.07, 6.45) is 0. The molecule has 0 aromatic rings. The normalized spacial score (nSPS) is 46.0. The van der Waals surface area contributed by atoms with E-state index in [4.69, 9.17) is 0 Å². The van der Waals surface area contributed by atoms with E-state index < -0.39 is 9.84 Å². The molecule has 7 heavy (non-hydrogen) atoms. The zero-order valence-electron chi connectivity index (χ0n) is 4.38. The lowest BCUT2D eigenvalue weighted by Crippen LogP contribution is -1.74. The Kier molecular flexibility index (Phi) is 0.743. The molecule has 0 amide bonds. The lowest BCUT2D eigenvalue weighted by Gasteiger charge is -1.58. The summed E-state index contributed by atoms with van der Waals surface area (Å²) < 4.78 is 20.8. The van der Waals surface area contributed by atoms with Crippen LogP contribution in [0.15, 0.2) is 0 Å². The van der Waals surface area contributed by atoms with Gasteiger partial charge in [0.2, 0.25) is 0 Å². The molecule has 42 valence electrons. The summed E-state index contributed by atoms with van der Waals surface area (Å²) in [4.78, 5) is 0. The SMILES string of the molecule is C[C@H]1[C@H](C)S1(=O)=O. The molecular formula is C4H8O2S. The summed E-state index contributed by atoms with van der Waals surface area (Å²) in [5, 5.41) is -0.125. The van der Waals surface area contributed by atoms with Crippen LogP contribution in [0.5, 0.6) is 0 Å². The second-order valence-electron chi connectivity index (χ2n) is 2.00. The summed E-state index contributed by atoms with van der Waals surface area (Å²) >= 11 is 0. The first-order chi connectivity index (χ1) is 3.07. The van der Waals surface area contributed by atoms with E-state index in [0.717, 1.165) is 0 Å². The van der Waals surface area contributed by atoms with E-state index in [1.165, 1.54) is 0 Å². The average Bonchev–Trinajstić information content (AvgIpc) is 1.91. The van der Waals surface area contributed by atoms with Crippen LogP contribution < -0.4 is 0 Å². The summed E-state index contributed by atoms with van der Waals surface area (Å²) in [5.74, 6) is 0. The van der Waals surface area contributed by atoms with E-state index in [0.29, 0.717) is 0 Å². The second kappa shape index (κ2) is 1.02. The third-order valence-corrected chi connectivity index (χ3v) is 4.20. The van der Waals surface area contributed by atoms with Gasteiger partial charge in [0.15, 0.2) is 9.84 Å². The standard InChI is InChI=1S/C4H8O2S/c1-3-4(2)7(3,5)6/h3-4H,1-2H3/t3-,4-/m0/s1. The highest BCUT2D eigenvalue weighted by Gasteiger charge is 2.49. The average molecular weight is 120 g/mol. The van der Waals surface area contributed by atoms with Crippen molar-refractivity contribution in [2.45, 2.75) is 24.3 Å². The predicted molar refractivity (Wildman–Crippen MR) is 27.8 cm³/mol. The van der Waals surface area contributed by atoms with E-state index in [-0.39, 0.29) is 10.5 Å². The van der Waals surface area contributed by atoms with Crippen molar-refractivity contribution in [2.24, 2.45) is 0 Å². The van der Waals surface area contributed by atoms with E-state index >= 15 is 0 Å². The van der Waals surface area contributed by atoms with Crippen molar-refractivity contribution in [3.05, 3.63) is 0 Å². The van der Waals surface area contributed by atoms with Gasteiger partial charge in [-0.2, -0.15) is 0 Å². The zero-order chi connectivity index (χ0) is 5.65. The highest BCUT2D eigenvalue weighted by Crippen LogP contribution is 2.30. The first-order valence-electron chi connectivity index (χ1n) is 2.29. The third kappa shape index (κ3) is 0.477. The van der Waals surface area contributed by atoms with Crippen LogP contribution in [-0.4, -0.2) is 18.9 Å². The number of hydrogen-bond acceptors (Lipinski definition) is 2. The first kappa shape index (κ1) is 5.09. The van der Waals surface area contributed by atoms with Gasteiger partial charge in [0.05, 0.1) is 10.5 Å². The van der Waals surface area contributed by atoms with Gasteiger partial charge in [-0.05, 0) is 13.8 Å². The fourth-order valence-electron chi connectivity index (χ4n) is 0.561. The first-order valence-corrected chi connectivity index (χ1v) is 3.90. The molecule has 1 fully saturated rings. The minimum atomic E-state index is -2.57. The van der Waals surface area contributed by atoms with Crippen LogP contribution in [0.3, 0.4) is 0 Å². The lowest BCUT2D eigenvalue weighted by atomic mass is 10.4. The maximum absolute atomic E-state index is 10.4. The molecule has 1 aliphatic heterocycles. The number of hydrogen-bond donors (Lipinski definition) is 0. The molecular weight excluding hydrogens is 112 g/mol. The Morgan fingerprint density at radius 2 is 1.29 bits per heavy atom. The summed E-state index contributed by atoms with van der Waals surface area (Å²) in [6, 6.07) is 0. The van der Waals surface area contributed by atoms with E-state index in [2.05, 4.69) is 0 Å². The molecule has 0 aromatic carbocycles. The number of sulfone groups is 1. The lowest BCUT2D eigenvalue weighted by molar-refractivity contribution is 0.611. The van der Waals surface area contributed by atoms with Gasteiger partial charge < -0.3 is 0 Å². The molecule has 0 unspecified atom stereocenters. The highest BCUT2D eigenvalue weighted by atomic mass is 32.2. The minimum Gasteiger partial charge on any atom is -0.228 e. The molecule has 3 heteroatoms. The molecule has 0 bridgehead atoms. The summed E-state index contributed by atoms with van der Waals surface area (Å²) in [7, 11) is -2.57. The monoisotopic (exact) mass is 120 g/mol. The van der Waals surface area contributed by atoms with Crippen LogP contribution in [-0.2, 0) is 9.84 Å². The van der Waals surface area contributed by atoms with Crippen molar-refractivity contribution in [2.75, 3.05) is 0 Å². The molecule has 2 atom stereocenters. The Hall–Kier alpha value is -0.0500. The van der Waals surface area contributed by atoms with Gasteiger partial charge in [-0.1, -0.05) is 0 Å². The Morgan fingerprint density at radius 3 is 1.29 bits per heavy atom. The maximum Gasteiger partial charge on any atom is 0.158 e. The van der Waals surface area contributed by atoms with Gasteiger partial charge in [-0.25, -0.2) is 8.42 Å². The Bertz CT molecular complexity index is 154. The van der Waals surface area contributed by atoms with Crippen LogP contribution in [0.4, 0.5) is 0 Å². The van der Waals surface area contributed by atoms with E-state index in [1.807, 2.05) is 0 Å². The Labute approximate surface area is 43.5 Å². The van der Waals surface area contributed by atoms with Gasteiger partial charge in [0, 0.05) is 0 Å². The molecule has 0 radical (unpaired) electrons. The Morgan fingerprint density at radius 1 is 1.14 bits per heavy atom. The molecule has 0 spiro atoms. The quantitative estimate of drug-likeness (QED) is 0.428. The van der Waals surface area contributed by atoms with E-state index in [1.54, 1.807) is 13.8 Å². The van der Waals surface area contributed by atoms with Crippen LogP contribution >= 0.6 is 0 Å². The van der Waals surface area contributed by atoms with Gasteiger partial charge in [0.1, 0.15) is 0 Å². The molecule has 1 rings (SSSR count). The van der Waals surface area contributed by atoms with Crippen LogP contribution in [0.1, 0.15) is 13.8 Å². The number of rotatable bonds is 0. The van der Waals surface area contributed by atoms with E-state index in [9.17, 15) is 8.42 Å². The molecule has 0 aromatic heterocycles. The zero-order valence-corrected chi connectivity index (χ0v) is 5.20. The van der Waals surface area contributed by atoms with Crippen LogP contribution in [0.25, 0.3) is 0 Å². The molecule has 2 nitrogen and oxygen atoms in total. The second-order valence-corrected chi connectivity index (χ2v) is 4.66. The highest BCUT2D eigenvalue weighted by molar-refractivity contribution is 7.99. The molecule has 1 heterocycles. The van der Waals surface area contributed by atoms with Gasteiger partial charge in [0.25, 0.3) is 0 Å². The fraction of sp³-hybridized carbons (Fsp3) is 1.00. The van der Waals surface area contributed by atoms with Crippen LogP contribution in [0.2, 0.25) is 0 Å². The van der Waals surface area contributed by atoms with Crippen LogP contribution in [0, 0.1) is 0 Å². The molecule has 0 aliphatic carbocycles. The molecule has 0 saturated carbocycles. The van der Waals surface area contributed by atoms with Crippen molar-refractivity contribution in [1.82, 2.24) is 0 Å². The molecule has 1 aliphatic rings. The largest absolute Gasteiger partial charge is 0.228 e. The van der Waals surface area contributed by atoms with Gasteiger partial charge in [-0.15, -0.1) is 0 Å². The van der Waals surface area contributed by atoms with Gasteiger partial charge >= 0.3 is 0 Å². The van der Waals surface area contributed by atoms with Crippen molar-refractivity contribution < 1.29 is 8.42 Å². The third-order valence-electron chi connectivity index (χ3n) is 1.62. The van der Waals surface area contributed by atoms with Crippen molar-refractivity contribution in [3.8, 4) is 0 Å².